The Kier molecular flexibility index (Phi) is 4.26. The third kappa shape index (κ3) is 3.79. The van der Waals surface area contributed by atoms with Crippen LogP contribution >= 0.6 is 22.6 Å². The van der Waals surface area contributed by atoms with Gasteiger partial charge in [-0.15, -0.1) is 6.42 Å². The average Bonchev–Trinajstić information content (AvgIpc) is 2.09. The second-order valence-corrected chi connectivity index (χ2v) is 4.25. The SMILES string of the molecule is C#CCN(C)Cc1ccc(I)cc1. The molecule has 0 spiro atoms. The first kappa shape index (κ1) is 10.6. The smallest absolute Gasteiger partial charge is 0.0599 e. The van der Waals surface area contributed by atoms with Crippen LogP contribution in [0.3, 0.4) is 0 Å². The van der Waals surface area contributed by atoms with Crippen LogP contribution in [0.1, 0.15) is 5.56 Å². The first-order valence-corrected chi connectivity index (χ1v) is 5.16. The van der Waals surface area contributed by atoms with E-state index in [2.05, 4.69) is 57.7 Å². The molecule has 1 rings (SSSR count). The molecule has 0 bridgehead atoms. The Balaban J connectivity index is 2.55. The predicted molar refractivity (Wildman–Crippen MR) is 64.3 cm³/mol. The highest BCUT2D eigenvalue weighted by molar-refractivity contribution is 14.1. The van der Waals surface area contributed by atoms with Crippen LogP contribution in [0.25, 0.3) is 0 Å². The Hall–Kier alpha value is -0.530. The standard InChI is InChI=1S/C11H12IN/c1-3-8-13(2)9-10-4-6-11(12)7-5-10/h1,4-7H,8-9H2,2H3. The molecule has 0 radical (unpaired) electrons. The normalized spacial score (nSPS) is 10.0. The highest BCUT2D eigenvalue weighted by Crippen LogP contribution is 2.08. The van der Waals surface area contributed by atoms with E-state index in [1.807, 2.05) is 7.05 Å². The van der Waals surface area contributed by atoms with Gasteiger partial charge in [-0.3, -0.25) is 4.90 Å². The molecule has 0 aliphatic rings. The lowest BCUT2D eigenvalue weighted by Crippen LogP contribution is -2.17. The largest absolute Gasteiger partial charge is 0.291 e. The third-order valence-corrected chi connectivity index (χ3v) is 2.45. The Bertz CT molecular complexity index is 297. The van der Waals surface area contributed by atoms with Crippen LogP contribution in [0.15, 0.2) is 24.3 Å². The van der Waals surface area contributed by atoms with Gasteiger partial charge >= 0.3 is 0 Å². The van der Waals surface area contributed by atoms with Crippen LogP contribution in [0.4, 0.5) is 0 Å². The summed E-state index contributed by atoms with van der Waals surface area (Å²) in [7, 11) is 2.03. The minimum Gasteiger partial charge on any atom is -0.291 e. The van der Waals surface area contributed by atoms with Crippen LogP contribution < -0.4 is 0 Å². The molecule has 0 saturated heterocycles. The van der Waals surface area contributed by atoms with Gasteiger partial charge in [0.15, 0.2) is 0 Å². The zero-order chi connectivity index (χ0) is 9.68. The van der Waals surface area contributed by atoms with Crippen molar-refractivity contribution >= 4 is 22.6 Å². The van der Waals surface area contributed by atoms with Gasteiger partial charge in [-0.25, -0.2) is 0 Å². The van der Waals surface area contributed by atoms with Crippen molar-refractivity contribution in [1.29, 1.82) is 0 Å². The molecule has 1 aromatic rings. The highest BCUT2D eigenvalue weighted by atomic mass is 127. The molecule has 0 aliphatic carbocycles. The van der Waals surface area contributed by atoms with Gasteiger partial charge in [0.05, 0.1) is 6.54 Å². The fourth-order valence-electron chi connectivity index (χ4n) is 1.11. The lowest BCUT2D eigenvalue weighted by Gasteiger charge is -2.12. The van der Waals surface area contributed by atoms with E-state index in [9.17, 15) is 0 Å². The quantitative estimate of drug-likeness (QED) is 0.608. The summed E-state index contributed by atoms with van der Waals surface area (Å²) in [6.45, 7) is 1.62. The van der Waals surface area contributed by atoms with E-state index >= 15 is 0 Å². The van der Waals surface area contributed by atoms with Crippen molar-refractivity contribution in [2.24, 2.45) is 0 Å². The maximum absolute atomic E-state index is 5.21. The Labute approximate surface area is 93.3 Å². The van der Waals surface area contributed by atoms with Gasteiger partial charge in [0.1, 0.15) is 0 Å². The summed E-state index contributed by atoms with van der Waals surface area (Å²) in [5.74, 6) is 2.62. The number of hydrogen-bond donors (Lipinski definition) is 0. The molecule has 0 fully saturated rings. The maximum atomic E-state index is 5.21. The molecule has 0 unspecified atom stereocenters. The lowest BCUT2D eigenvalue weighted by atomic mass is 10.2. The van der Waals surface area contributed by atoms with Gasteiger partial charge < -0.3 is 0 Å². The second kappa shape index (κ2) is 5.25. The molecule has 0 aromatic heterocycles. The van der Waals surface area contributed by atoms with Gasteiger partial charge in [0.25, 0.3) is 0 Å². The molecule has 0 saturated carbocycles. The zero-order valence-electron chi connectivity index (χ0n) is 7.63. The number of terminal acetylenes is 1. The van der Waals surface area contributed by atoms with Gasteiger partial charge in [-0.05, 0) is 47.3 Å². The second-order valence-electron chi connectivity index (χ2n) is 3.00. The number of hydrogen-bond acceptors (Lipinski definition) is 1. The van der Waals surface area contributed by atoms with Crippen LogP contribution in [-0.4, -0.2) is 18.5 Å². The third-order valence-electron chi connectivity index (χ3n) is 1.73. The Morgan fingerprint density at radius 1 is 1.38 bits per heavy atom. The average molecular weight is 285 g/mol. The summed E-state index contributed by atoms with van der Waals surface area (Å²) in [5.41, 5.74) is 1.30. The van der Waals surface area contributed by atoms with Crippen molar-refractivity contribution in [3.63, 3.8) is 0 Å². The summed E-state index contributed by atoms with van der Waals surface area (Å²) >= 11 is 2.30. The number of halogens is 1. The number of nitrogens with zero attached hydrogens (tertiary/aromatic N) is 1. The predicted octanol–water partition coefficient (Wildman–Crippen LogP) is 2.36. The van der Waals surface area contributed by atoms with Crippen molar-refractivity contribution in [3.05, 3.63) is 33.4 Å². The summed E-state index contributed by atoms with van der Waals surface area (Å²) in [6.07, 6.45) is 5.21. The van der Waals surface area contributed by atoms with Crippen LogP contribution in [0.5, 0.6) is 0 Å². The topological polar surface area (TPSA) is 3.24 Å². The fourth-order valence-corrected chi connectivity index (χ4v) is 1.47. The van der Waals surface area contributed by atoms with Gasteiger partial charge in [-0.2, -0.15) is 0 Å². The number of benzene rings is 1. The summed E-state index contributed by atoms with van der Waals surface area (Å²) < 4.78 is 1.26. The van der Waals surface area contributed by atoms with E-state index < -0.39 is 0 Å². The van der Waals surface area contributed by atoms with Crippen molar-refractivity contribution in [2.75, 3.05) is 13.6 Å². The Morgan fingerprint density at radius 2 is 2.00 bits per heavy atom. The molecule has 1 nitrogen and oxygen atoms in total. The molecule has 0 heterocycles. The Morgan fingerprint density at radius 3 is 2.54 bits per heavy atom. The van der Waals surface area contributed by atoms with Gasteiger partial charge in [0.2, 0.25) is 0 Å². The van der Waals surface area contributed by atoms with Crippen molar-refractivity contribution in [1.82, 2.24) is 4.90 Å². The molecule has 13 heavy (non-hydrogen) atoms. The van der Waals surface area contributed by atoms with Crippen LogP contribution in [0.2, 0.25) is 0 Å². The van der Waals surface area contributed by atoms with Crippen molar-refractivity contribution < 1.29 is 0 Å². The first-order chi connectivity index (χ1) is 6.22. The van der Waals surface area contributed by atoms with Crippen molar-refractivity contribution in [2.45, 2.75) is 6.54 Å². The molecule has 68 valence electrons. The van der Waals surface area contributed by atoms with Crippen LogP contribution in [0, 0.1) is 15.9 Å². The fraction of sp³-hybridized carbons (Fsp3) is 0.273. The first-order valence-electron chi connectivity index (χ1n) is 4.09. The van der Waals surface area contributed by atoms with E-state index in [-0.39, 0.29) is 0 Å². The maximum Gasteiger partial charge on any atom is 0.0599 e. The van der Waals surface area contributed by atoms with E-state index in [0.717, 1.165) is 6.54 Å². The molecule has 0 aliphatic heterocycles. The van der Waals surface area contributed by atoms with Crippen molar-refractivity contribution in [3.8, 4) is 12.3 Å². The molecule has 0 atom stereocenters. The molecule has 0 N–H and O–H groups in total. The van der Waals surface area contributed by atoms with E-state index in [1.165, 1.54) is 9.13 Å². The lowest BCUT2D eigenvalue weighted by molar-refractivity contribution is 0.369. The molecule has 0 amide bonds. The highest BCUT2D eigenvalue weighted by Gasteiger charge is 1.97. The van der Waals surface area contributed by atoms with Crippen LogP contribution in [-0.2, 0) is 6.54 Å². The number of rotatable bonds is 3. The molecule has 1 aromatic carbocycles. The van der Waals surface area contributed by atoms with Gasteiger partial charge in [-0.1, -0.05) is 18.1 Å². The van der Waals surface area contributed by atoms with E-state index in [4.69, 9.17) is 6.42 Å². The molecule has 2 heteroatoms. The minimum absolute atomic E-state index is 0.700. The monoisotopic (exact) mass is 285 g/mol. The molecular formula is C11H12IN. The zero-order valence-corrected chi connectivity index (χ0v) is 9.78. The summed E-state index contributed by atoms with van der Waals surface area (Å²) in [5, 5.41) is 0. The van der Waals surface area contributed by atoms with E-state index in [1.54, 1.807) is 0 Å². The molecular weight excluding hydrogens is 273 g/mol. The van der Waals surface area contributed by atoms with E-state index in [0.29, 0.717) is 6.54 Å². The minimum atomic E-state index is 0.700. The van der Waals surface area contributed by atoms with Gasteiger partial charge in [0, 0.05) is 10.1 Å². The summed E-state index contributed by atoms with van der Waals surface area (Å²) in [6, 6.07) is 8.49. The summed E-state index contributed by atoms with van der Waals surface area (Å²) in [4.78, 5) is 2.11.